The third-order valence-electron chi connectivity index (χ3n) is 4.37. The van der Waals surface area contributed by atoms with Crippen molar-refractivity contribution in [3.63, 3.8) is 0 Å². The molecule has 0 N–H and O–H groups in total. The maximum absolute atomic E-state index is 5.26. The van der Waals surface area contributed by atoms with Crippen LogP contribution in [0.5, 0.6) is 5.75 Å². The van der Waals surface area contributed by atoms with Crippen molar-refractivity contribution in [1.82, 2.24) is 14.6 Å². The predicted octanol–water partition coefficient (Wildman–Crippen LogP) is 4.63. The van der Waals surface area contributed by atoms with Crippen LogP contribution in [-0.2, 0) is 6.42 Å². The molecule has 0 aliphatic carbocycles. The van der Waals surface area contributed by atoms with E-state index in [1.54, 1.807) is 7.11 Å². The van der Waals surface area contributed by atoms with Crippen LogP contribution < -0.4 is 4.74 Å². The first kappa shape index (κ1) is 15.4. The van der Waals surface area contributed by atoms with Gasteiger partial charge in [-0.15, -0.1) is 0 Å². The zero-order chi connectivity index (χ0) is 17.2. The fourth-order valence-corrected chi connectivity index (χ4v) is 3.12. The van der Waals surface area contributed by atoms with E-state index in [0.29, 0.717) is 0 Å². The SMILES string of the molecule is CCc1nn2c(-c3ccc(OC)cc3)ccnc2c1-c1ccccc1. The number of hydrogen-bond acceptors (Lipinski definition) is 3. The molecular formula is C21H19N3O. The van der Waals surface area contributed by atoms with Crippen LogP contribution in [-0.4, -0.2) is 21.7 Å². The van der Waals surface area contributed by atoms with E-state index in [2.05, 4.69) is 24.0 Å². The molecule has 124 valence electrons. The highest BCUT2D eigenvalue weighted by Gasteiger charge is 2.16. The van der Waals surface area contributed by atoms with E-state index in [4.69, 9.17) is 9.84 Å². The highest BCUT2D eigenvalue weighted by molar-refractivity contribution is 5.81. The lowest BCUT2D eigenvalue weighted by Gasteiger charge is -2.06. The zero-order valence-electron chi connectivity index (χ0n) is 14.3. The summed E-state index contributed by atoms with van der Waals surface area (Å²) in [5.41, 5.74) is 6.30. The van der Waals surface area contributed by atoms with Gasteiger partial charge in [0.2, 0.25) is 0 Å². The Morgan fingerprint density at radius 1 is 0.920 bits per heavy atom. The molecular weight excluding hydrogens is 310 g/mol. The summed E-state index contributed by atoms with van der Waals surface area (Å²) in [6, 6.07) is 20.3. The van der Waals surface area contributed by atoms with Crippen molar-refractivity contribution in [3.05, 3.63) is 72.6 Å². The molecule has 4 rings (SSSR count). The Labute approximate surface area is 146 Å². The molecule has 25 heavy (non-hydrogen) atoms. The molecule has 0 spiro atoms. The maximum atomic E-state index is 5.26. The fourth-order valence-electron chi connectivity index (χ4n) is 3.12. The third kappa shape index (κ3) is 2.66. The van der Waals surface area contributed by atoms with Gasteiger partial charge in [-0.3, -0.25) is 0 Å². The quantitative estimate of drug-likeness (QED) is 0.548. The van der Waals surface area contributed by atoms with Gasteiger partial charge >= 0.3 is 0 Å². The van der Waals surface area contributed by atoms with Crippen LogP contribution in [0.4, 0.5) is 0 Å². The molecule has 4 nitrogen and oxygen atoms in total. The van der Waals surface area contributed by atoms with E-state index in [1.807, 2.05) is 59.2 Å². The lowest BCUT2D eigenvalue weighted by molar-refractivity contribution is 0.415. The van der Waals surface area contributed by atoms with Crippen LogP contribution in [0.3, 0.4) is 0 Å². The number of ether oxygens (including phenoxy) is 1. The molecule has 4 heteroatoms. The number of aryl methyl sites for hydroxylation is 1. The van der Waals surface area contributed by atoms with Crippen LogP contribution >= 0.6 is 0 Å². The fraction of sp³-hybridized carbons (Fsp3) is 0.143. The van der Waals surface area contributed by atoms with Crippen LogP contribution in [0, 0.1) is 0 Å². The molecule has 0 unspecified atom stereocenters. The Balaban J connectivity index is 1.95. The van der Waals surface area contributed by atoms with E-state index in [9.17, 15) is 0 Å². The summed E-state index contributed by atoms with van der Waals surface area (Å²) in [6.45, 7) is 2.13. The van der Waals surface area contributed by atoms with Gasteiger partial charge in [-0.1, -0.05) is 37.3 Å². The van der Waals surface area contributed by atoms with Crippen LogP contribution in [0.1, 0.15) is 12.6 Å². The molecule has 0 radical (unpaired) electrons. The van der Waals surface area contributed by atoms with Gasteiger partial charge in [-0.2, -0.15) is 5.10 Å². The summed E-state index contributed by atoms with van der Waals surface area (Å²) in [5, 5.41) is 4.85. The topological polar surface area (TPSA) is 39.4 Å². The molecule has 0 aliphatic heterocycles. The van der Waals surface area contributed by atoms with Gasteiger partial charge in [0.15, 0.2) is 5.65 Å². The van der Waals surface area contributed by atoms with E-state index in [0.717, 1.165) is 45.9 Å². The highest BCUT2D eigenvalue weighted by atomic mass is 16.5. The standard InChI is InChI=1S/C21H19N3O/c1-3-18-20(16-7-5-4-6-8-16)21-22-14-13-19(24(21)23-18)15-9-11-17(25-2)12-10-15/h4-14H,3H2,1-2H3. The Bertz CT molecular complexity index is 1000. The summed E-state index contributed by atoms with van der Waals surface area (Å²) in [4.78, 5) is 4.62. The molecule has 0 aliphatic rings. The Morgan fingerprint density at radius 2 is 1.68 bits per heavy atom. The number of nitrogens with zero attached hydrogens (tertiary/aromatic N) is 3. The second kappa shape index (κ2) is 6.40. The molecule has 2 aromatic carbocycles. The Hall–Kier alpha value is -3.14. The maximum Gasteiger partial charge on any atom is 0.163 e. The Kier molecular flexibility index (Phi) is 3.94. The van der Waals surface area contributed by atoms with Crippen molar-refractivity contribution in [2.45, 2.75) is 13.3 Å². The van der Waals surface area contributed by atoms with Gasteiger partial charge in [-0.05, 0) is 42.3 Å². The lowest BCUT2D eigenvalue weighted by atomic mass is 10.0. The minimum Gasteiger partial charge on any atom is -0.497 e. The third-order valence-corrected chi connectivity index (χ3v) is 4.37. The van der Waals surface area contributed by atoms with Gasteiger partial charge in [0.05, 0.1) is 18.5 Å². The normalized spacial score (nSPS) is 11.0. The van der Waals surface area contributed by atoms with E-state index < -0.39 is 0 Å². The number of benzene rings is 2. The van der Waals surface area contributed by atoms with E-state index in [1.165, 1.54) is 0 Å². The minimum absolute atomic E-state index is 0.841. The van der Waals surface area contributed by atoms with Crippen LogP contribution in [0.2, 0.25) is 0 Å². The van der Waals surface area contributed by atoms with Crippen molar-refractivity contribution in [1.29, 1.82) is 0 Å². The Morgan fingerprint density at radius 3 is 2.36 bits per heavy atom. The van der Waals surface area contributed by atoms with Crippen molar-refractivity contribution in [2.75, 3.05) is 7.11 Å². The molecule has 0 saturated heterocycles. The zero-order valence-corrected chi connectivity index (χ0v) is 14.3. The molecule has 2 heterocycles. The average Bonchev–Trinajstić information content (AvgIpc) is 3.07. The number of methoxy groups -OCH3 is 1. The summed E-state index contributed by atoms with van der Waals surface area (Å²) < 4.78 is 7.20. The van der Waals surface area contributed by atoms with Gasteiger partial charge < -0.3 is 4.74 Å². The molecule has 0 amide bonds. The second-order valence-electron chi connectivity index (χ2n) is 5.84. The molecule has 0 atom stereocenters. The lowest BCUT2D eigenvalue weighted by Crippen LogP contribution is -1.96. The molecule has 0 fully saturated rings. The first-order chi connectivity index (χ1) is 12.3. The number of fused-ring (bicyclic) bond motifs is 1. The van der Waals surface area contributed by atoms with Gasteiger partial charge in [0, 0.05) is 17.3 Å². The van der Waals surface area contributed by atoms with Crippen LogP contribution in [0.25, 0.3) is 28.0 Å². The van der Waals surface area contributed by atoms with E-state index >= 15 is 0 Å². The second-order valence-corrected chi connectivity index (χ2v) is 5.84. The monoisotopic (exact) mass is 329 g/mol. The number of hydrogen-bond donors (Lipinski definition) is 0. The molecule has 4 aromatic rings. The summed E-state index contributed by atoms with van der Waals surface area (Å²) >= 11 is 0. The summed E-state index contributed by atoms with van der Waals surface area (Å²) in [6.07, 6.45) is 2.71. The van der Waals surface area contributed by atoms with Gasteiger partial charge in [-0.25, -0.2) is 9.50 Å². The van der Waals surface area contributed by atoms with Crippen molar-refractivity contribution >= 4 is 5.65 Å². The smallest absolute Gasteiger partial charge is 0.163 e. The van der Waals surface area contributed by atoms with E-state index in [-0.39, 0.29) is 0 Å². The highest BCUT2D eigenvalue weighted by Crippen LogP contribution is 2.31. The first-order valence-corrected chi connectivity index (χ1v) is 8.38. The molecule has 0 saturated carbocycles. The summed E-state index contributed by atoms with van der Waals surface area (Å²) in [5.74, 6) is 0.841. The number of aromatic nitrogens is 3. The van der Waals surface area contributed by atoms with Crippen molar-refractivity contribution < 1.29 is 4.74 Å². The summed E-state index contributed by atoms with van der Waals surface area (Å²) in [7, 11) is 1.67. The first-order valence-electron chi connectivity index (χ1n) is 8.38. The average molecular weight is 329 g/mol. The predicted molar refractivity (Wildman–Crippen MR) is 99.8 cm³/mol. The van der Waals surface area contributed by atoms with Gasteiger partial charge in [0.25, 0.3) is 0 Å². The number of rotatable bonds is 4. The van der Waals surface area contributed by atoms with Crippen molar-refractivity contribution in [3.8, 4) is 28.1 Å². The molecule has 2 aromatic heterocycles. The largest absolute Gasteiger partial charge is 0.497 e. The van der Waals surface area contributed by atoms with Gasteiger partial charge in [0.1, 0.15) is 5.75 Å². The minimum atomic E-state index is 0.841. The van der Waals surface area contributed by atoms with Crippen LogP contribution in [0.15, 0.2) is 66.9 Å². The van der Waals surface area contributed by atoms with Crippen molar-refractivity contribution in [2.24, 2.45) is 0 Å². The molecule has 0 bridgehead atoms.